The van der Waals surface area contributed by atoms with Gasteiger partial charge in [0, 0.05) is 17.7 Å². The number of carbonyl (C=O) groups excluding carboxylic acids is 1. The monoisotopic (exact) mass is 448 g/mol. The molecule has 0 bridgehead atoms. The van der Waals surface area contributed by atoms with Crippen LogP contribution in [0.25, 0.3) is 10.2 Å². The molecule has 1 aliphatic carbocycles. The lowest BCUT2D eigenvalue weighted by atomic mass is 9.81. The van der Waals surface area contributed by atoms with Crippen molar-refractivity contribution in [2.75, 3.05) is 36.4 Å². The lowest BCUT2D eigenvalue weighted by molar-refractivity contribution is -0.125. The standard InChI is InChI=1S/C21H28N4O3S2/c1-30(2,3)10-9-27-14-25-19(7-8-23-25)24-21(26)15-11-16(12-15)28-17-5-4-6-18-20(17)22-13-29-18/h4-8,13,15-16H,9-12,14H2,1-3H3,(H,24,26). The van der Waals surface area contributed by atoms with Crippen molar-refractivity contribution in [3.8, 4) is 5.75 Å². The number of fused-ring (bicyclic) bond motifs is 1. The van der Waals surface area contributed by atoms with E-state index in [1.54, 1.807) is 28.3 Å². The Bertz CT molecular complexity index is 1010. The smallest absolute Gasteiger partial charge is 0.228 e. The van der Waals surface area contributed by atoms with Gasteiger partial charge in [0.1, 0.15) is 29.9 Å². The normalized spacial score (nSPS) is 19.4. The van der Waals surface area contributed by atoms with Crippen LogP contribution in [0.5, 0.6) is 5.75 Å². The minimum Gasteiger partial charge on any atom is -0.488 e. The first kappa shape index (κ1) is 21.1. The van der Waals surface area contributed by atoms with Crippen LogP contribution in [0.2, 0.25) is 0 Å². The highest BCUT2D eigenvalue weighted by atomic mass is 32.3. The SMILES string of the molecule is CS(C)(C)CCOCn1nccc1NC(=O)C1CC(Oc2cccc3scnc23)C1. The van der Waals surface area contributed by atoms with Gasteiger partial charge in [-0.1, -0.05) is 6.07 Å². The number of benzene rings is 1. The Labute approximate surface area is 182 Å². The first-order chi connectivity index (χ1) is 14.4. The molecule has 1 saturated carbocycles. The predicted octanol–water partition coefficient (Wildman–Crippen LogP) is 3.96. The molecular weight excluding hydrogens is 420 g/mol. The van der Waals surface area contributed by atoms with E-state index in [0.717, 1.165) is 21.7 Å². The lowest BCUT2D eigenvalue weighted by Crippen LogP contribution is -2.41. The maximum atomic E-state index is 12.6. The van der Waals surface area contributed by atoms with Gasteiger partial charge in [0.05, 0.1) is 23.0 Å². The second kappa shape index (κ2) is 8.95. The summed E-state index contributed by atoms with van der Waals surface area (Å²) in [5.41, 5.74) is 2.72. The Kier molecular flexibility index (Phi) is 6.31. The molecule has 9 heteroatoms. The second-order valence-corrected chi connectivity index (χ2v) is 13.9. The van der Waals surface area contributed by atoms with Crippen molar-refractivity contribution in [1.29, 1.82) is 0 Å². The summed E-state index contributed by atoms with van der Waals surface area (Å²) >= 11 is 1.60. The number of rotatable bonds is 9. The molecule has 0 atom stereocenters. The quantitative estimate of drug-likeness (QED) is 0.502. The zero-order valence-electron chi connectivity index (χ0n) is 17.5. The maximum absolute atomic E-state index is 12.6. The highest BCUT2D eigenvalue weighted by Crippen LogP contribution is 2.35. The fourth-order valence-electron chi connectivity index (χ4n) is 3.24. The zero-order chi connectivity index (χ0) is 21.1. The van der Waals surface area contributed by atoms with E-state index in [4.69, 9.17) is 9.47 Å². The number of anilines is 1. The molecule has 0 unspecified atom stereocenters. The summed E-state index contributed by atoms with van der Waals surface area (Å²) < 4.78 is 14.6. The third-order valence-corrected chi connectivity index (χ3v) is 7.29. The molecule has 1 N–H and O–H groups in total. The molecule has 0 aliphatic heterocycles. The molecule has 1 aromatic carbocycles. The summed E-state index contributed by atoms with van der Waals surface area (Å²) in [4.78, 5) is 17.0. The third kappa shape index (κ3) is 5.14. The van der Waals surface area contributed by atoms with Crippen LogP contribution in [-0.4, -0.2) is 57.9 Å². The summed E-state index contributed by atoms with van der Waals surface area (Å²) in [5.74, 6) is 2.46. The van der Waals surface area contributed by atoms with E-state index < -0.39 is 10.0 Å². The number of nitrogens with one attached hydrogen (secondary N) is 1. The van der Waals surface area contributed by atoms with Crippen LogP contribution in [-0.2, 0) is 16.3 Å². The van der Waals surface area contributed by atoms with Crippen molar-refractivity contribution in [3.05, 3.63) is 36.0 Å². The van der Waals surface area contributed by atoms with Crippen LogP contribution in [0.4, 0.5) is 5.82 Å². The van der Waals surface area contributed by atoms with Gasteiger partial charge in [-0.2, -0.15) is 5.10 Å². The van der Waals surface area contributed by atoms with Gasteiger partial charge in [0.15, 0.2) is 0 Å². The molecule has 30 heavy (non-hydrogen) atoms. The Balaban J connectivity index is 1.24. The van der Waals surface area contributed by atoms with E-state index in [9.17, 15) is 4.79 Å². The van der Waals surface area contributed by atoms with Crippen LogP contribution in [0, 0.1) is 5.92 Å². The van der Waals surface area contributed by atoms with Crippen molar-refractivity contribution in [2.45, 2.75) is 25.7 Å². The first-order valence-corrected chi connectivity index (χ1v) is 13.8. The van der Waals surface area contributed by atoms with Crippen molar-refractivity contribution in [1.82, 2.24) is 14.8 Å². The van der Waals surface area contributed by atoms with Crippen LogP contribution < -0.4 is 10.1 Å². The summed E-state index contributed by atoms with van der Waals surface area (Å²) in [6.45, 7) is 1.03. The van der Waals surface area contributed by atoms with Gasteiger partial charge in [-0.25, -0.2) is 19.7 Å². The van der Waals surface area contributed by atoms with E-state index in [1.165, 1.54) is 0 Å². The van der Waals surface area contributed by atoms with Crippen LogP contribution in [0.1, 0.15) is 12.8 Å². The maximum Gasteiger partial charge on any atom is 0.228 e. The molecule has 0 spiro atoms. The highest BCUT2D eigenvalue weighted by molar-refractivity contribution is 8.32. The fraction of sp³-hybridized carbons (Fsp3) is 0.476. The number of hydrogen-bond donors (Lipinski definition) is 1. The second-order valence-electron chi connectivity index (χ2n) is 8.40. The lowest BCUT2D eigenvalue weighted by Gasteiger charge is -2.34. The molecule has 1 amide bonds. The number of nitrogens with zero attached hydrogens (tertiary/aromatic N) is 3. The number of thiazole rings is 1. The molecule has 7 nitrogen and oxygen atoms in total. The Morgan fingerprint density at radius 3 is 2.93 bits per heavy atom. The van der Waals surface area contributed by atoms with Crippen molar-refractivity contribution in [3.63, 3.8) is 0 Å². The van der Waals surface area contributed by atoms with Gasteiger partial charge in [-0.05, 0) is 43.7 Å². The van der Waals surface area contributed by atoms with Crippen LogP contribution in [0.15, 0.2) is 36.0 Å². The minimum absolute atomic E-state index is 0.00241. The third-order valence-electron chi connectivity index (χ3n) is 5.10. The summed E-state index contributed by atoms with van der Waals surface area (Å²) in [7, 11) is -0.578. The number of aromatic nitrogens is 3. The van der Waals surface area contributed by atoms with Crippen molar-refractivity contribution < 1.29 is 14.3 Å². The van der Waals surface area contributed by atoms with Crippen LogP contribution in [0.3, 0.4) is 0 Å². The average Bonchev–Trinajstić information content (AvgIpc) is 3.30. The van der Waals surface area contributed by atoms with E-state index >= 15 is 0 Å². The molecule has 2 aromatic heterocycles. The van der Waals surface area contributed by atoms with E-state index in [0.29, 0.717) is 32.0 Å². The summed E-state index contributed by atoms with van der Waals surface area (Å²) in [5, 5.41) is 7.23. The summed E-state index contributed by atoms with van der Waals surface area (Å²) in [6, 6.07) is 7.75. The highest BCUT2D eigenvalue weighted by Gasteiger charge is 2.36. The molecular formula is C21H28N4O3S2. The molecule has 4 rings (SSSR count). The van der Waals surface area contributed by atoms with Gasteiger partial charge in [0.2, 0.25) is 5.91 Å². The van der Waals surface area contributed by atoms with Crippen molar-refractivity contribution >= 4 is 43.3 Å². The molecule has 3 aromatic rings. The Morgan fingerprint density at radius 2 is 2.13 bits per heavy atom. The molecule has 0 saturated heterocycles. The van der Waals surface area contributed by atoms with E-state index in [2.05, 4.69) is 34.2 Å². The fourth-order valence-corrected chi connectivity index (χ4v) is 4.55. The molecule has 1 aliphatic rings. The average molecular weight is 449 g/mol. The number of para-hydroxylation sites is 1. The Hall–Kier alpha value is -2.10. The first-order valence-electron chi connectivity index (χ1n) is 9.94. The number of hydrogen-bond acceptors (Lipinski definition) is 6. The minimum atomic E-state index is -0.578. The summed E-state index contributed by atoms with van der Waals surface area (Å²) in [6.07, 6.45) is 9.92. The molecule has 1 fully saturated rings. The van der Waals surface area contributed by atoms with E-state index in [1.807, 2.05) is 23.7 Å². The van der Waals surface area contributed by atoms with E-state index in [-0.39, 0.29) is 17.9 Å². The number of carbonyl (C=O) groups is 1. The van der Waals surface area contributed by atoms with Gasteiger partial charge in [0.25, 0.3) is 0 Å². The largest absolute Gasteiger partial charge is 0.488 e. The zero-order valence-corrected chi connectivity index (χ0v) is 19.2. The molecule has 0 radical (unpaired) electrons. The number of ether oxygens (including phenoxy) is 2. The van der Waals surface area contributed by atoms with Gasteiger partial charge in [-0.3, -0.25) is 4.79 Å². The van der Waals surface area contributed by atoms with Crippen LogP contribution >= 0.6 is 21.4 Å². The topological polar surface area (TPSA) is 78.3 Å². The number of amides is 1. The van der Waals surface area contributed by atoms with Gasteiger partial charge >= 0.3 is 0 Å². The van der Waals surface area contributed by atoms with Crippen molar-refractivity contribution in [2.24, 2.45) is 5.92 Å². The molecule has 2 heterocycles. The Morgan fingerprint density at radius 1 is 1.30 bits per heavy atom. The van der Waals surface area contributed by atoms with Gasteiger partial charge < -0.3 is 14.8 Å². The van der Waals surface area contributed by atoms with Gasteiger partial charge in [-0.15, -0.1) is 11.3 Å². The molecule has 162 valence electrons. The predicted molar refractivity (Wildman–Crippen MR) is 124 cm³/mol.